The molecule has 1 aliphatic heterocycles. The number of hydrogen-bond acceptors (Lipinski definition) is 4. The van der Waals surface area contributed by atoms with Gasteiger partial charge >= 0.3 is 0 Å². The topological polar surface area (TPSA) is 40.2 Å². The molecule has 2 aliphatic carbocycles. The minimum Gasteiger partial charge on any atom is -0.415 e. The smallest absolute Gasteiger partial charge is 0.216 e. The molecule has 36 heavy (non-hydrogen) atoms. The summed E-state index contributed by atoms with van der Waals surface area (Å²) in [6.45, 7) is 31.3. The molecular formula is C28H60O4Si4. The van der Waals surface area contributed by atoms with E-state index < -0.39 is 33.0 Å². The Morgan fingerprint density at radius 3 is 1.94 bits per heavy atom. The number of epoxide rings is 1. The van der Waals surface area contributed by atoms with Gasteiger partial charge in [0.1, 0.15) is 0 Å². The van der Waals surface area contributed by atoms with Crippen LogP contribution >= 0.6 is 0 Å². The molecule has 0 amide bonds. The van der Waals surface area contributed by atoms with E-state index in [0.717, 1.165) is 11.8 Å². The molecule has 0 aromatic carbocycles. The number of rotatable bonds is 14. The van der Waals surface area contributed by atoms with Crippen LogP contribution in [0.3, 0.4) is 0 Å². The fourth-order valence-electron chi connectivity index (χ4n) is 6.47. The van der Waals surface area contributed by atoms with Crippen molar-refractivity contribution in [3.8, 4) is 0 Å². The van der Waals surface area contributed by atoms with Crippen LogP contribution in [0.2, 0.25) is 70.5 Å². The molecule has 8 unspecified atom stereocenters. The summed E-state index contributed by atoms with van der Waals surface area (Å²) in [6, 6.07) is 1.19. The van der Waals surface area contributed by atoms with Gasteiger partial charge in [-0.25, -0.2) is 0 Å². The van der Waals surface area contributed by atoms with Crippen LogP contribution in [-0.2, 0) is 18.0 Å². The third-order valence-corrected chi connectivity index (χ3v) is 22.8. The molecule has 212 valence electrons. The maximum atomic E-state index is 7.32. The Morgan fingerprint density at radius 1 is 0.833 bits per heavy atom. The Balaban J connectivity index is 1.71. The highest BCUT2D eigenvalue weighted by molar-refractivity contribution is 6.81. The molecule has 1 heterocycles. The van der Waals surface area contributed by atoms with Crippen molar-refractivity contribution in [2.24, 2.45) is 11.8 Å². The van der Waals surface area contributed by atoms with Crippen LogP contribution in [-0.4, -0.2) is 62.3 Å². The van der Waals surface area contributed by atoms with Gasteiger partial charge in [-0.2, -0.15) is 0 Å². The summed E-state index contributed by atoms with van der Waals surface area (Å²) in [4.78, 5) is 0. The van der Waals surface area contributed by atoms with Crippen molar-refractivity contribution >= 4 is 33.0 Å². The van der Waals surface area contributed by atoms with Crippen LogP contribution < -0.4 is 0 Å². The SMILES string of the molecule is CC(O[Si](C)(CCC1CCC2OC2C1)C(C)O[Si](C)(C)C)C(C)[Si](C)(C)OC(C)(C1CC1)[Si](C)(C)C. The van der Waals surface area contributed by atoms with Crippen LogP contribution in [0.5, 0.6) is 0 Å². The van der Waals surface area contributed by atoms with Crippen molar-refractivity contribution in [2.75, 3.05) is 0 Å². The minimum absolute atomic E-state index is 0.0788. The predicted octanol–water partition coefficient (Wildman–Crippen LogP) is 8.36. The average Bonchev–Trinajstić information content (AvgIpc) is 3.62. The van der Waals surface area contributed by atoms with Crippen LogP contribution in [0.25, 0.3) is 0 Å². The second kappa shape index (κ2) is 10.9. The van der Waals surface area contributed by atoms with Gasteiger partial charge in [0.05, 0.1) is 26.0 Å². The van der Waals surface area contributed by atoms with Crippen molar-refractivity contribution in [3.05, 3.63) is 0 Å². The van der Waals surface area contributed by atoms with Crippen molar-refractivity contribution in [3.63, 3.8) is 0 Å². The summed E-state index contributed by atoms with van der Waals surface area (Å²) in [5.41, 5.74) is 0.657. The van der Waals surface area contributed by atoms with Crippen molar-refractivity contribution in [1.29, 1.82) is 0 Å². The Morgan fingerprint density at radius 2 is 1.44 bits per heavy atom. The Bertz CT molecular complexity index is 747. The zero-order valence-corrected chi connectivity index (χ0v) is 30.1. The highest BCUT2D eigenvalue weighted by atomic mass is 28.4. The summed E-state index contributed by atoms with van der Waals surface area (Å²) in [5.74, 6) is 1.55. The van der Waals surface area contributed by atoms with Gasteiger partial charge in [0.15, 0.2) is 16.6 Å². The molecule has 0 radical (unpaired) electrons. The lowest BCUT2D eigenvalue weighted by Crippen LogP contribution is -2.61. The van der Waals surface area contributed by atoms with E-state index in [4.69, 9.17) is 18.0 Å². The number of fused-ring (bicyclic) bond motifs is 1. The van der Waals surface area contributed by atoms with E-state index >= 15 is 0 Å². The Labute approximate surface area is 228 Å². The van der Waals surface area contributed by atoms with E-state index in [0.29, 0.717) is 17.7 Å². The van der Waals surface area contributed by atoms with E-state index in [9.17, 15) is 0 Å². The first-order valence-corrected chi connectivity index (χ1v) is 27.6. The van der Waals surface area contributed by atoms with Crippen LogP contribution in [0, 0.1) is 11.8 Å². The van der Waals surface area contributed by atoms with Crippen molar-refractivity contribution < 1.29 is 18.0 Å². The standard InChI is InChI=1S/C28H60O4Si4/c1-21(22(2)35(11,12)32-28(4,25-15-16-25)33(5,6)7)30-36(13,23(3)31-34(8,9)10)19-18-24-14-17-26-27(20-24)29-26/h21-27H,14-20H2,1-13H3. The van der Waals surface area contributed by atoms with E-state index in [-0.39, 0.29) is 17.1 Å². The fourth-order valence-corrected chi connectivity index (χ4v) is 18.6. The highest BCUT2D eigenvalue weighted by Gasteiger charge is 2.55. The fraction of sp³-hybridized carbons (Fsp3) is 1.00. The monoisotopic (exact) mass is 572 g/mol. The molecule has 0 N–H and O–H groups in total. The predicted molar refractivity (Wildman–Crippen MR) is 164 cm³/mol. The molecule has 0 bridgehead atoms. The van der Waals surface area contributed by atoms with Crippen LogP contribution in [0.4, 0.5) is 0 Å². The van der Waals surface area contributed by atoms with Gasteiger partial charge < -0.3 is 18.0 Å². The first-order valence-electron chi connectivity index (χ1n) is 15.0. The molecule has 0 aromatic rings. The first kappa shape index (κ1) is 31.2. The molecule has 1 saturated heterocycles. The summed E-state index contributed by atoms with van der Waals surface area (Å²) in [5, 5.41) is 0.0788. The van der Waals surface area contributed by atoms with Crippen LogP contribution in [0.15, 0.2) is 0 Å². The molecule has 4 nitrogen and oxygen atoms in total. The summed E-state index contributed by atoms with van der Waals surface area (Å²) in [7, 11) is -7.24. The number of hydrogen-bond donors (Lipinski definition) is 0. The minimum atomic E-state index is -2.12. The molecule has 8 heteroatoms. The van der Waals surface area contributed by atoms with Gasteiger partial charge in [0, 0.05) is 11.3 Å². The van der Waals surface area contributed by atoms with Gasteiger partial charge in [-0.3, -0.25) is 0 Å². The Kier molecular flexibility index (Phi) is 9.49. The molecule has 8 atom stereocenters. The van der Waals surface area contributed by atoms with Crippen LogP contribution in [0.1, 0.15) is 66.2 Å². The lowest BCUT2D eigenvalue weighted by molar-refractivity contribution is 0.109. The van der Waals surface area contributed by atoms with E-state index in [1.165, 1.54) is 44.6 Å². The molecule has 3 aliphatic rings. The lowest BCUT2D eigenvalue weighted by atomic mass is 9.88. The third kappa shape index (κ3) is 7.67. The molecule has 3 fully saturated rings. The number of ether oxygens (including phenoxy) is 1. The van der Waals surface area contributed by atoms with Crippen molar-refractivity contribution in [2.45, 2.75) is 166 Å². The van der Waals surface area contributed by atoms with E-state index in [2.05, 4.69) is 86.6 Å². The molecular weight excluding hydrogens is 513 g/mol. The van der Waals surface area contributed by atoms with Gasteiger partial charge in [-0.15, -0.1) is 0 Å². The largest absolute Gasteiger partial charge is 0.415 e. The third-order valence-electron chi connectivity index (χ3n) is 10.1. The first-order chi connectivity index (χ1) is 16.3. The zero-order chi connectivity index (χ0) is 27.3. The summed E-state index contributed by atoms with van der Waals surface area (Å²) in [6.07, 6.45) is 9.14. The van der Waals surface area contributed by atoms with E-state index in [1.54, 1.807) is 0 Å². The Hall–Kier alpha value is 0.708. The average molecular weight is 573 g/mol. The lowest BCUT2D eigenvalue weighted by Gasteiger charge is -2.49. The molecule has 0 spiro atoms. The zero-order valence-electron chi connectivity index (χ0n) is 26.1. The second-order valence-electron chi connectivity index (χ2n) is 15.6. The van der Waals surface area contributed by atoms with Gasteiger partial charge in [0.2, 0.25) is 8.32 Å². The molecule has 0 aromatic heterocycles. The van der Waals surface area contributed by atoms with E-state index in [1.807, 2.05) is 0 Å². The molecule has 3 rings (SSSR count). The van der Waals surface area contributed by atoms with Gasteiger partial charge in [0.25, 0.3) is 0 Å². The van der Waals surface area contributed by atoms with Gasteiger partial charge in [-0.05, 0) is 116 Å². The molecule has 2 saturated carbocycles. The van der Waals surface area contributed by atoms with Gasteiger partial charge in [-0.1, -0.05) is 33.0 Å². The maximum Gasteiger partial charge on any atom is 0.216 e. The summed E-state index contributed by atoms with van der Waals surface area (Å²) < 4.78 is 27.2. The summed E-state index contributed by atoms with van der Waals surface area (Å²) >= 11 is 0. The normalized spacial score (nSPS) is 31.1. The maximum absolute atomic E-state index is 7.32. The second-order valence-corrected chi connectivity index (χ2v) is 34.0. The quantitative estimate of drug-likeness (QED) is 0.155. The van der Waals surface area contributed by atoms with Crippen molar-refractivity contribution in [1.82, 2.24) is 0 Å². The highest BCUT2D eigenvalue weighted by Crippen LogP contribution is 2.49.